The van der Waals surface area contributed by atoms with Gasteiger partial charge in [0.05, 0.1) is 5.52 Å². The maximum Gasteiger partial charge on any atom is 0.327 e. The lowest BCUT2D eigenvalue weighted by Gasteiger charge is -2.43. The van der Waals surface area contributed by atoms with Gasteiger partial charge in [-0.1, -0.05) is 36.4 Å². The van der Waals surface area contributed by atoms with E-state index in [2.05, 4.69) is 10.3 Å². The van der Waals surface area contributed by atoms with Gasteiger partial charge in [0.2, 0.25) is 11.8 Å². The third kappa shape index (κ3) is 5.17. The van der Waals surface area contributed by atoms with Crippen LogP contribution in [0.1, 0.15) is 13.8 Å². The number of carbonyl (C=O) groups excluding carboxylic acids is 2. The lowest BCUT2D eigenvalue weighted by atomic mass is 9.96. The fraction of sp³-hybridized carbons (Fsp3) is 0.280. The van der Waals surface area contributed by atoms with Crippen molar-refractivity contribution in [3.8, 4) is 11.6 Å². The number of ether oxygens (including phenoxy) is 1. The van der Waals surface area contributed by atoms with Gasteiger partial charge >= 0.3 is 5.97 Å². The summed E-state index contributed by atoms with van der Waals surface area (Å²) in [6.45, 7) is 3.38. The SMILES string of the molecule is CC1(C)S[C@@H]2[C@H](NC(=O)COc3ccccc3)C(=O)N2[C@H]1C(=O)O.Oc1ccc2ccccc2n1. The minimum atomic E-state index is -1.03. The van der Waals surface area contributed by atoms with E-state index in [1.165, 1.54) is 16.7 Å². The molecule has 3 aromatic rings. The molecule has 0 radical (unpaired) electrons. The molecule has 3 N–H and O–H groups in total. The second-order valence-corrected chi connectivity index (χ2v) is 10.4. The number of amides is 2. The molecule has 182 valence electrons. The van der Waals surface area contributed by atoms with Crippen molar-refractivity contribution in [2.45, 2.75) is 36.1 Å². The van der Waals surface area contributed by atoms with Crippen LogP contribution in [0.5, 0.6) is 11.6 Å². The van der Waals surface area contributed by atoms with Crippen molar-refractivity contribution in [1.82, 2.24) is 15.2 Å². The Morgan fingerprint density at radius 2 is 1.77 bits per heavy atom. The van der Waals surface area contributed by atoms with Crippen molar-refractivity contribution >= 4 is 40.4 Å². The van der Waals surface area contributed by atoms with E-state index < -0.39 is 28.7 Å². The Labute approximate surface area is 206 Å². The number of nitrogens with zero attached hydrogens (tertiary/aromatic N) is 2. The zero-order chi connectivity index (χ0) is 25.2. The Morgan fingerprint density at radius 3 is 2.49 bits per heavy atom. The average Bonchev–Trinajstić information content (AvgIpc) is 3.10. The molecule has 0 bridgehead atoms. The van der Waals surface area contributed by atoms with Gasteiger partial charge in [-0.05, 0) is 38.1 Å². The maximum atomic E-state index is 12.2. The minimum absolute atomic E-state index is 0.0729. The molecule has 35 heavy (non-hydrogen) atoms. The van der Waals surface area contributed by atoms with Crippen LogP contribution in [0, 0.1) is 0 Å². The monoisotopic (exact) mass is 495 g/mol. The molecule has 0 spiro atoms. The number of hydrogen-bond acceptors (Lipinski definition) is 7. The first-order chi connectivity index (χ1) is 16.7. The number of hydrogen-bond donors (Lipinski definition) is 3. The molecule has 2 saturated heterocycles. The molecular formula is C25H25N3O6S. The lowest BCUT2D eigenvalue weighted by Crippen LogP contribution is -2.70. The van der Waals surface area contributed by atoms with Crippen LogP contribution < -0.4 is 10.1 Å². The number of carboxylic acid groups (broad SMARTS) is 1. The number of thioether (sulfide) groups is 1. The number of β-lactam (4-membered cyclic amide) rings is 1. The normalized spacial score (nSPS) is 21.8. The van der Waals surface area contributed by atoms with Crippen LogP contribution in [0.25, 0.3) is 10.9 Å². The highest BCUT2D eigenvalue weighted by atomic mass is 32.2. The molecule has 2 aliphatic heterocycles. The Morgan fingerprint density at radius 1 is 1.09 bits per heavy atom. The minimum Gasteiger partial charge on any atom is -0.493 e. The summed E-state index contributed by atoms with van der Waals surface area (Å²) in [5, 5.41) is 21.7. The van der Waals surface area contributed by atoms with Crippen LogP contribution in [0.15, 0.2) is 66.7 Å². The number of fused-ring (bicyclic) bond motifs is 2. The number of aromatic hydroxyl groups is 1. The Kier molecular flexibility index (Phi) is 6.83. The summed E-state index contributed by atoms with van der Waals surface area (Å²) < 4.78 is 4.74. The first-order valence-electron chi connectivity index (χ1n) is 10.9. The van der Waals surface area contributed by atoms with Gasteiger partial charge in [0.15, 0.2) is 6.61 Å². The number of para-hydroxylation sites is 2. The zero-order valence-corrected chi connectivity index (χ0v) is 19.9. The summed E-state index contributed by atoms with van der Waals surface area (Å²) in [6.07, 6.45) is 0. The van der Waals surface area contributed by atoms with E-state index in [0.29, 0.717) is 5.75 Å². The molecule has 3 heterocycles. The summed E-state index contributed by atoms with van der Waals surface area (Å²) in [5.41, 5.74) is 0.826. The van der Waals surface area contributed by atoms with E-state index in [-0.39, 0.29) is 23.8 Å². The molecule has 5 rings (SSSR count). The molecule has 10 heteroatoms. The van der Waals surface area contributed by atoms with E-state index in [9.17, 15) is 19.5 Å². The number of nitrogens with one attached hydrogen (secondary N) is 1. The molecule has 9 nitrogen and oxygen atoms in total. The summed E-state index contributed by atoms with van der Waals surface area (Å²) in [5.74, 6) is -1.16. The zero-order valence-electron chi connectivity index (χ0n) is 19.1. The predicted octanol–water partition coefficient (Wildman–Crippen LogP) is 2.64. The van der Waals surface area contributed by atoms with Gasteiger partial charge in [0.25, 0.3) is 5.91 Å². The van der Waals surface area contributed by atoms with Crippen LogP contribution in [0.3, 0.4) is 0 Å². The largest absolute Gasteiger partial charge is 0.493 e. The lowest BCUT2D eigenvalue weighted by molar-refractivity contribution is -0.161. The fourth-order valence-corrected chi connectivity index (χ4v) is 5.71. The van der Waals surface area contributed by atoms with Crippen molar-refractivity contribution in [2.75, 3.05) is 6.61 Å². The van der Waals surface area contributed by atoms with E-state index in [4.69, 9.17) is 9.84 Å². The molecule has 3 atom stereocenters. The quantitative estimate of drug-likeness (QED) is 0.461. The highest BCUT2D eigenvalue weighted by molar-refractivity contribution is 8.01. The van der Waals surface area contributed by atoms with E-state index in [1.54, 1.807) is 44.2 Å². The fourth-order valence-electron chi connectivity index (χ4n) is 4.08. The van der Waals surface area contributed by atoms with E-state index in [1.807, 2.05) is 36.4 Å². The molecule has 2 aromatic carbocycles. The Bertz CT molecular complexity index is 1250. The number of aromatic nitrogens is 1. The standard InChI is InChI=1S/C16H18N2O5S.C9H7NO/c1-16(2)12(15(21)22)18-13(20)11(14(18)24-16)17-10(19)8-23-9-6-4-3-5-7-9;11-9-6-5-7-3-1-2-4-8(7)10-9/h3-7,11-12,14H,8H2,1-2H3,(H,17,19)(H,21,22);1-6H,(H,10,11)/t11-,12+,14-;/m1./s1. The van der Waals surface area contributed by atoms with Gasteiger partial charge in [0.1, 0.15) is 23.2 Å². The molecule has 1 aromatic heterocycles. The van der Waals surface area contributed by atoms with Crippen molar-refractivity contribution < 1.29 is 29.3 Å². The van der Waals surface area contributed by atoms with Gasteiger partial charge in [-0.2, -0.15) is 0 Å². The van der Waals surface area contributed by atoms with Crippen molar-refractivity contribution in [2.24, 2.45) is 0 Å². The predicted molar refractivity (Wildman–Crippen MR) is 131 cm³/mol. The molecule has 2 fully saturated rings. The maximum absolute atomic E-state index is 12.2. The van der Waals surface area contributed by atoms with Gasteiger partial charge < -0.3 is 25.2 Å². The van der Waals surface area contributed by atoms with E-state index in [0.717, 1.165) is 10.9 Å². The topological polar surface area (TPSA) is 129 Å². The summed E-state index contributed by atoms with van der Waals surface area (Å²) in [7, 11) is 0. The van der Waals surface area contributed by atoms with E-state index >= 15 is 0 Å². The first-order valence-corrected chi connectivity index (χ1v) is 11.8. The van der Waals surface area contributed by atoms with Gasteiger partial charge in [-0.25, -0.2) is 9.78 Å². The van der Waals surface area contributed by atoms with Crippen LogP contribution in [-0.2, 0) is 14.4 Å². The summed E-state index contributed by atoms with van der Waals surface area (Å²) in [4.78, 5) is 40.9. The van der Waals surface area contributed by atoms with Crippen molar-refractivity contribution in [1.29, 1.82) is 0 Å². The molecule has 0 saturated carbocycles. The number of benzene rings is 2. The third-order valence-electron chi connectivity index (χ3n) is 5.69. The highest BCUT2D eigenvalue weighted by Gasteiger charge is 2.64. The molecule has 2 amide bonds. The number of carbonyl (C=O) groups is 3. The molecule has 2 aliphatic rings. The molecular weight excluding hydrogens is 470 g/mol. The van der Waals surface area contributed by atoms with Crippen LogP contribution in [-0.4, -0.2) is 66.7 Å². The van der Waals surface area contributed by atoms with Crippen LogP contribution >= 0.6 is 11.8 Å². The Balaban J connectivity index is 0.000000218. The summed E-state index contributed by atoms with van der Waals surface area (Å²) in [6, 6.07) is 18.4. The Hall–Kier alpha value is -3.79. The number of rotatable bonds is 5. The van der Waals surface area contributed by atoms with Crippen LogP contribution in [0.2, 0.25) is 0 Å². The average molecular weight is 496 g/mol. The molecule has 0 unspecified atom stereocenters. The molecule has 0 aliphatic carbocycles. The number of carboxylic acids is 1. The van der Waals surface area contributed by atoms with Gasteiger partial charge in [-0.15, -0.1) is 11.8 Å². The first kappa shape index (κ1) is 24.3. The highest BCUT2D eigenvalue weighted by Crippen LogP contribution is 2.50. The van der Waals surface area contributed by atoms with Crippen LogP contribution in [0.4, 0.5) is 0 Å². The van der Waals surface area contributed by atoms with Gasteiger partial charge in [0, 0.05) is 16.2 Å². The van der Waals surface area contributed by atoms with Crippen molar-refractivity contribution in [3.05, 3.63) is 66.7 Å². The van der Waals surface area contributed by atoms with Gasteiger partial charge in [-0.3, -0.25) is 9.59 Å². The van der Waals surface area contributed by atoms with Crippen molar-refractivity contribution in [3.63, 3.8) is 0 Å². The number of aliphatic carboxylic acids is 1. The summed E-state index contributed by atoms with van der Waals surface area (Å²) >= 11 is 1.39. The second-order valence-electron chi connectivity index (χ2n) is 8.61. The smallest absolute Gasteiger partial charge is 0.327 e. The number of pyridine rings is 1. The second kappa shape index (κ2) is 9.83. The third-order valence-corrected chi connectivity index (χ3v) is 7.26.